The zero-order chi connectivity index (χ0) is 17.5. The number of benzene rings is 1. The molecule has 23 heavy (non-hydrogen) atoms. The molecular weight excluding hydrogens is 292 g/mol. The van der Waals surface area contributed by atoms with Gasteiger partial charge in [0, 0.05) is 13.1 Å². The molecule has 0 bridgehead atoms. The lowest BCUT2D eigenvalue weighted by Crippen LogP contribution is -2.55. The van der Waals surface area contributed by atoms with Gasteiger partial charge in [0.05, 0.1) is 5.54 Å². The van der Waals surface area contributed by atoms with E-state index >= 15 is 0 Å². The molecule has 0 atom stereocenters. The Hall–Kier alpha value is -1.75. The Labute approximate surface area is 139 Å². The highest BCUT2D eigenvalue weighted by atomic mass is 16.6. The molecule has 5 heteroatoms. The van der Waals surface area contributed by atoms with E-state index in [4.69, 9.17) is 4.74 Å². The van der Waals surface area contributed by atoms with Crippen LogP contribution in [0.15, 0.2) is 24.3 Å². The molecule has 0 fully saturated rings. The number of hydrogen-bond donors (Lipinski definition) is 3. The lowest BCUT2D eigenvalue weighted by molar-refractivity contribution is 0.0446. The van der Waals surface area contributed by atoms with E-state index in [1.54, 1.807) is 12.1 Å². The minimum atomic E-state index is -0.503. The maximum absolute atomic E-state index is 12.1. The molecule has 0 radical (unpaired) electrons. The van der Waals surface area contributed by atoms with Gasteiger partial charge in [-0.05, 0) is 51.3 Å². The Morgan fingerprint density at radius 1 is 1.13 bits per heavy atom. The molecule has 1 rings (SSSR count). The van der Waals surface area contributed by atoms with E-state index in [1.165, 1.54) is 0 Å². The minimum absolute atomic E-state index is 0.261. The van der Waals surface area contributed by atoms with Gasteiger partial charge >= 0.3 is 6.09 Å². The lowest BCUT2D eigenvalue weighted by Gasteiger charge is -2.34. The number of alkyl carbamates (subject to hydrolysis) is 1. The second-order valence-electron chi connectivity index (χ2n) is 6.88. The molecule has 5 nitrogen and oxygen atoms in total. The summed E-state index contributed by atoms with van der Waals surface area (Å²) in [5, 5.41) is 15.7. The first-order valence-corrected chi connectivity index (χ1v) is 8.19. The van der Waals surface area contributed by atoms with Crippen molar-refractivity contribution in [3.63, 3.8) is 0 Å². The molecule has 0 saturated carbocycles. The summed E-state index contributed by atoms with van der Waals surface area (Å²) < 4.78 is 5.37. The lowest BCUT2D eigenvalue weighted by atomic mass is 9.92. The summed E-state index contributed by atoms with van der Waals surface area (Å²) in [7, 11) is 0. The van der Waals surface area contributed by atoms with E-state index < -0.39 is 5.60 Å². The first-order valence-electron chi connectivity index (χ1n) is 8.19. The number of rotatable bonds is 7. The monoisotopic (exact) mass is 322 g/mol. The molecular formula is C18H30N2O3. The largest absolute Gasteiger partial charge is 0.508 e. The maximum atomic E-state index is 12.1. The van der Waals surface area contributed by atoms with Gasteiger partial charge in [0.25, 0.3) is 0 Å². The fourth-order valence-electron chi connectivity index (χ4n) is 2.30. The summed E-state index contributed by atoms with van der Waals surface area (Å²) in [6, 6.07) is 7.10. The van der Waals surface area contributed by atoms with Gasteiger partial charge in [-0.1, -0.05) is 26.0 Å². The predicted octanol–water partition coefficient (Wildman–Crippen LogP) is 3.57. The minimum Gasteiger partial charge on any atom is -0.508 e. The average Bonchev–Trinajstić information content (AvgIpc) is 2.46. The van der Waals surface area contributed by atoms with Crippen LogP contribution in [0.3, 0.4) is 0 Å². The van der Waals surface area contributed by atoms with Crippen LogP contribution >= 0.6 is 0 Å². The first-order chi connectivity index (χ1) is 10.7. The van der Waals surface area contributed by atoms with E-state index in [1.807, 2.05) is 32.9 Å². The van der Waals surface area contributed by atoms with E-state index in [9.17, 15) is 9.90 Å². The second-order valence-corrected chi connectivity index (χ2v) is 6.88. The Balaban J connectivity index is 2.58. The number of carbonyl (C=O) groups excluding carboxylic acids is 1. The highest BCUT2D eigenvalue weighted by Gasteiger charge is 2.30. The number of amides is 1. The second kappa shape index (κ2) is 8.20. The molecule has 0 aromatic heterocycles. The van der Waals surface area contributed by atoms with Crippen LogP contribution in [-0.4, -0.2) is 28.9 Å². The number of nitrogens with one attached hydrogen (secondary N) is 2. The van der Waals surface area contributed by atoms with Crippen LogP contribution in [0.2, 0.25) is 0 Å². The van der Waals surface area contributed by atoms with Gasteiger partial charge in [-0.15, -0.1) is 0 Å². The highest BCUT2D eigenvalue weighted by Crippen LogP contribution is 2.17. The van der Waals surface area contributed by atoms with Crippen molar-refractivity contribution in [2.45, 2.75) is 65.1 Å². The van der Waals surface area contributed by atoms with Crippen LogP contribution < -0.4 is 10.6 Å². The van der Waals surface area contributed by atoms with Gasteiger partial charge in [0.2, 0.25) is 0 Å². The molecule has 3 N–H and O–H groups in total. The third-order valence-electron chi connectivity index (χ3n) is 3.85. The van der Waals surface area contributed by atoms with Crippen LogP contribution in [0.4, 0.5) is 4.79 Å². The third kappa shape index (κ3) is 6.91. The molecule has 0 aliphatic rings. The topological polar surface area (TPSA) is 70.6 Å². The summed E-state index contributed by atoms with van der Waals surface area (Å²) in [4.78, 5) is 12.1. The average molecular weight is 322 g/mol. The van der Waals surface area contributed by atoms with E-state index in [0.29, 0.717) is 13.1 Å². The smallest absolute Gasteiger partial charge is 0.408 e. The van der Waals surface area contributed by atoms with Crippen molar-refractivity contribution in [2.24, 2.45) is 0 Å². The summed E-state index contributed by atoms with van der Waals surface area (Å²) >= 11 is 0. The van der Waals surface area contributed by atoms with Crippen molar-refractivity contribution in [1.29, 1.82) is 0 Å². The summed E-state index contributed by atoms with van der Waals surface area (Å²) in [5.74, 6) is 0.261. The number of aromatic hydroxyl groups is 1. The molecule has 0 saturated heterocycles. The Bertz CT molecular complexity index is 488. The highest BCUT2D eigenvalue weighted by molar-refractivity contribution is 5.68. The van der Waals surface area contributed by atoms with Crippen LogP contribution in [0.1, 0.15) is 53.0 Å². The number of carbonyl (C=O) groups is 1. The SMILES string of the molecule is CCC(CC)(CNCc1ccc(O)cc1)NC(=O)OC(C)(C)C. The summed E-state index contributed by atoms with van der Waals surface area (Å²) in [6.45, 7) is 11.0. The molecule has 0 heterocycles. The fourth-order valence-corrected chi connectivity index (χ4v) is 2.30. The zero-order valence-corrected chi connectivity index (χ0v) is 14.9. The molecule has 1 amide bonds. The number of hydrogen-bond acceptors (Lipinski definition) is 4. The molecule has 0 aliphatic carbocycles. The van der Waals surface area contributed by atoms with Gasteiger partial charge in [-0.3, -0.25) is 0 Å². The quantitative estimate of drug-likeness (QED) is 0.718. The van der Waals surface area contributed by atoms with Gasteiger partial charge < -0.3 is 20.5 Å². The van der Waals surface area contributed by atoms with Crippen LogP contribution in [-0.2, 0) is 11.3 Å². The Morgan fingerprint density at radius 3 is 2.17 bits per heavy atom. The number of ether oxygens (including phenoxy) is 1. The van der Waals surface area contributed by atoms with Gasteiger partial charge in [0.1, 0.15) is 11.4 Å². The third-order valence-corrected chi connectivity index (χ3v) is 3.85. The molecule has 130 valence electrons. The normalized spacial score (nSPS) is 12.0. The van der Waals surface area contributed by atoms with Crippen molar-refractivity contribution < 1.29 is 14.6 Å². The van der Waals surface area contributed by atoms with Gasteiger partial charge in [-0.25, -0.2) is 4.79 Å². The summed E-state index contributed by atoms with van der Waals surface area (Å²) in [6.07, 6.45) is 1.24. The molecule has 0 spiro atoms. The van der Waals surface area contributed by atoms with Crippen molar-refractivity contribution in [3.05, 3.63) is 29.8 Å². The molecule has 1 aromatic rings. The van der Waals surface area contributed by atoms with Crippen molar-refractivity contribution in [3.8, 4) is 5.75 Å². The molecule has 1 aromatic carbocycles. The first kappa shape index (κ1) is 19.3. The van der Waals surface area contributed by atoms with Gasteiger partial charge in [0.15, 0.2) is 0 Å². The van der Waals surface area contributed by atoms with E-state index in [2.05, 4.69) is 24.5 Å². The van der Waals surface area contributed by atoms with E-state index in [-0.39, 0.29) is 17.4 Å². The van der Waals surface area contributed by atoms with E-state index in [0.717, 1.165) is 18.4 Å². The zero-order valence-electron chi connectivity index (χ0n) is 14.9. The Kier molecular flexibility index (Phi) is 6.88. The van der Waals surface area contributed by atoms with Crippen molar-refractivity contribution in [1.82, 2.24) is 10.6 Å². The van der Waals surface area contributed by atoms with Crippen LogP contribution in [0.25, 0.3) is 0 Å². The predicted molar refractivity (Wildman–Crippen MR) is 92.5 cm³/mol. The van der Waals surface area contributed by atoms with Crippen LogP contribution in [0.5, 0.6) is 5.75 Å². The molecule has 0 aliphatic heterocycles. The van der Waals surface area contributed by atoms with Crippen molar-refractivity contribution in [2.75, 3.05) is 6.54 Å². The summed E-state index contributed by atoms with van der Waals surface area (Å²) in [5.41, 5.74) is 0.247. The van der Waals surface area contributed by atoms with Crippen LogP contribution in [0, 0.1) is 0 Å². The van der Waals surface area contributed by atoms with Crippen molar-refractivity contribution >= 4 is 6.09 Å². The number of phenols is 1. The fraction of sp³-hybridized carbons (Fsp3) is 0.611. The number of phenolic OH excluding ortho intramolecular Hbond substituents is 1. The molecule has 0 unspecified atom stereocenters. The van der Waals surface area contributed by atoms with Gasteiger partial charge in [-0.2, -0.15) is 0 Å². The maximum Gasteiger partial charge on any atom is 0.408 e. The Morgan fingerprint density at radius 2 is 1.70 bits per heavy atom. The standard InChI is InChI=1S/C18H30N2O3/c1-6-18(7-2,20-16(22)23-17(3,4)5)13-19-12-14-8-10-15(21)11-9-14/h8-11,19,21H,6-7,12-13H2,1-5H3,(H,20,22).